The minimum absolute atomic E-state index is 0.0508. The Kier molecular flexibility index (Phi) is 7.29. The summed E-state index contributed by atoms with van der Waals surface area (Å²) in [6, 6.07) is 12.1. The lowest BCUT2D eigenvalue weighted by atomic mass is 9.91. The van der Waals surface area contributed by atoms with Gasteiger partial charge < -0.3 is 14.4 Å². The standard InChI is InChI=1S/C29H33F3N4O4S/c30-29(31,32)22-3-1-6-24(19-22)36-25-8-7-20(27(37)34-11-9-33(10-12-34)23-4-2-5-23)17-21(25)18-26(36)28(38)35-13-15-41(39,40)16-14-35/h1,3,6-8,17-19,23,39-40H,2,4-5,9-16H2. The topological polar surface area (TPSA) is 89.2 Å². The number of nitrogens with zero attached hydrogens (tertiary/aromatic N) is 4. The molecule has 2 aromatic carbocycles. The molecule has 1 aliphatic carbocycles. The lowest BCUT2D eigenvalue weighted by molar-refractivity contribution is -0.137. The molecular formula is C29H33F3N4O4S. The molecule has 8 nitrogen and oxygen atoms in total. The van der Waals surface area contributed by atoms with Crippen LogP contribution >= 0.6 is 10.6 Å². The first-order chi connectivity index (χ1) is 19.5. The third kappa shape index (κ3) is 5.57. The monoisotopic (exact) mass is 590 g/mol. The van der Waals surface area contributed by atoms with Gasteiger partial charge in [-0.05, 0) is 55.3 Å². The molecule has 1 saturated carbocycles. The number of aromatic nitrogens is 1. The lowest BCUT2D eigenvalue weighted by Gasteiger charge is -2.42. The maximum absolute atomic E-state index is 13.7. The van der Waals surface area contributed by atoms with Gasteiger partial charge in [-0.2, -0.15) is 23.8 Å². The summed E-state index contributed by atoms with van der Waals surface area (Å²) < 4.78 is 62.2. The summed E-state index contributed by atoms with van der Waals surface area (Å²) >= 11 is 0. The van der Waals surface area contributed by atoms with Crippen LogP contribution in [-0.2, 0) is 6.18 Å². The quantitative estimate of drug-likeness (QED) is 0.438. The van der Waals surface area contributed by atoms with E-state index >= 15 is 0 Å². The third-order valence-corrected chi connectivity index (χ3v) is 10.2. The summed E-state index contributed by atoms with van der Waals surface area (Å²) in [5, 5.41) is 0.561. The smallest absolute Gasteiger partial charge is 0.336 e. The van der Waals surface area contributed by atoms with Crippen LogP contribution in [0.4, 0.5) is 13.2 Å². The van der Waals surface area contributed by atoms with E-state index in [0.717, 1.165) is 25.2 Å². The Bertz CT molecular complexity index is 1470. The van der Waals surface area contributed by atoms with E-state index in [1.807, 2.05) is 4.90 Å². The van der Waals surface area contributed by atoms with Crippen LogP contribution in [0.15, 0.2) is 48.5 Å². The molecule has 2 N–H and O–H groups in total. The van der Waals surface area contributed by atoms with E-state index in [9.17, 15) is 31.9 Å². The summed E-state index contributed by atoms with van der Waals surface area (Å²) in [7, 11) is -2.74. The molecule has 3 heterocycles. The van der Waals surface area contributed by atoms with Gasteiger partial charge in [-0.3, -0.25) is 23.6 Å². The number of rotatable bonds is 4. The molecular weight excluding hydrogens is 557 g/mol. The molecule has 2 amide bonds. The molecule has 12 heteroatoms. The Hall–Kier alpha value is -3.06. The zero-order valence-electron chi connectivity index (χ0n) is 22.5. The van der Waals surface area contributed by atoms with Crippen LogP contribution in [0.25, 0.3) is 16.6 Å². The van der Waals surface area contributed by atoms with Crippen molar-refractivity contribution >= 4 is 33.3 Å². The molecule has 1 aromatic heterocycles. The zero-order valence-corrected chi connectivity index (χ0v) is 23.3. The summed E-state index contributed by atoms with van der Waals surface area (Å²) in [5.41, 5.74) is 0.444. The van der Waals surface area contributed by atoms with Crippen molar-refractivity contribution in [3.8, 4) is 5.69 Å². The SMILES string of the molecule is O=C(c1ccc2c(c1)cc(C(=O)N1CCS(O)(O)CC1)n2-c1cccc(C(F)(F)F)c1)N1CCN(C2CCC2)CC1. The fourth-order valence-electron chi connectivity index (χ4n) is 5.92. The highest BCUT2D eigenvalue weighted by atomic mass is 32.3. The van der Waals surface area contributed by atoms with Crippen molar-refractivity contribution in [2.75, 3.05) is 50.8 Å². The Labute approximate surface area is 237 Å². The molecule has 2 aliphatic heterocycles. The average Bonchev–Trinajstić information content (AvgIpc) is 3.30. The van der Waals surface area contributed by atoms with Crippen molar-refractivity contribution in [2.24, 2.45) is 0 Å². The van der Waals surface area contributed by atoms with Crippen LogP contribution in [0, 0.1) is 0 Å². The van der Waals surface area contributed by atoms with Gasteiger partial charge in [0.25, 0.3) is 11.8 Å². The van der Waals surface area contributed by atoms with Crippen molar-refractivity contribution in [1.29, 1.82) is 0 Å². The number of piperazine rings is 1. The molecule has 0 spiro atoms. The van der Waals surface area contributed by atoms with Gasteiger partial charge in [0.15, 0.2) is 0 Å². The number of carbonyl (C=O) groups is 2. The fourth-order valence-corrected chi connectivity index (χ4v) is 7.15. The largest absolute Gasteiger partial charge is 0.416 e. The summed E-state index contributed by atoms with van der Waals surface area (Å²) in [4.78, 5) is 32.9. The van der Waals surface area contributed by atoms with Crippen molar-refractivity contribution < 1.29 is 31.9 Å². The molecule has 0 atom stereocenters. The highest BCUT2D eigenvalue weighted by Crippen LogP contribution is 2.41. The number of fused-ring (bicyclic) bond motifs is 1. The second-order valence-corrected chi connectivity index (χ2v) is 13.5. The number of amides is 2. The van der Waals surface area contributed by atoms with Crippen LogP contribution in [0.1, 0.15) is 45.7 Å². The third-order valence-electron chi connectivity index (χ3n) is 8.56. The van der Waals surface area contributed by atoms with Gasteiger partial charge in [0, 0.05) is 61.9 Å². The van der Waals surface area contributed by atoms with Crippen molar-refractivity contribution in [2.45, 2.75) is 31.5 Å². The van der Waals surface area contributed by atoms with E-state index in [1.54, 1.807) is 24.3 Å². The van der Waals surface area contributed by atoms with Gasteiger partial charge in [-0.1, -0.05) is 12.5 Å². The highest BCUT2D eigenvalue weighted by Gasteiger charge is 2.33. The average molecular weight is 591 g/mol. The summed E-state index contributed by atoms with van der Waals surface area (Å²) in [5.74, 6) is -0.431. The van der Waals surface area contributed by atoms with E-state index in [4.69, 9.17) is 0 Å². The number of halogens is 3. The minimum Gasteiger partial charge on any atom is -0.336 e. The molecule has 2 saturated heterocycles. The minimum atomic E-state index is -4.56. The van der Waals surface area contributed by atoms with Crippen LogP contribution in [-0.4, -0.2) is 97.0 Å². The van der Waals surface area contributed by atoms with Gasteiger partial charge >= 0.3 is 6.18 Å². The van der Waals surface area contributed by atoms with E-state index in [0.29, 0.717) is 35.6 Å². The Morgan fingerprint density at radius 2 is 1.51 bits per heavy atom. The first-order valence-electron chi connectivity index (χ1n) is 13.9. The van der Waals surface area contributed by atoms with Gasteiger partial charge in [0.05, 0.1) is 22.6 Å². The number of hydrogen-bond donors (Lipinski definition) is 2. The lowest BCUT2D eigenvalue weighted by Crippen LogP contribution is -2.53. The van der Waals surface area contributed by atoms with Crippen molar-refractivity contribution in [3.05, 3.63) is 65.4 Å². The predicted octanol–water partition coefficient (Wildman–Crippen LogP) is 5.17. The number of alkyl halides is 3. The van der Waals surface area contributed by atoms with E-state index in [2.05, 4.69) is 4.90 Å². The number of carbonyl (C=O) groups excluding carboxylic acids is 2. The Balaban J connectivity index is 1.34. The van der Waals surface area contributed by atoms with E-state index in [1.165, 1.54) is 40.9 Å². The molecule has 220 valence electrons. The van der Waals surface area contributed by atoms with Gasteiger partial charge in [0.1, 0.15) is 5.69 Å². The first-order valence-corrected chi connectivity index (χ1v) is 15.8. The highest BCUT2D eigenvalue weighted by molar-refractivity contribution is 8.24. The number of hydrogen-bond acceptors (Lipinski definition) is 5. The summed E-state index contributed by atoms with van der Waals surface area (Å²) in [6.07, 6.45) is -0.870. The second-order valence-electron chi connectivity index (χ2n) is 11.1. The maximum atomic E-state index is 13.7. The molecule has 0 unspecified atom stereocenters. The maximum Gasteiger partial charge on any atom is 0.416 e. The first kappa shape index (κ1) is 28.1. The molecule has 3 fully saturated rings. The molecule has 6 rings (SSSR count). The van der Waals surface area contributed by atoms with Gasteiger partial charge in [-0.15, -0.1) is 0 Å². The van der Waals surface area contributed by atoms with Gasteiger partial charge in [0.2, 0.25) is 0 Å². The van der Waals surface area contributed by atoms with E-state index < -0.39 is 28.2 Å². The van der Waals surface area contributed by atoms with Crippen LogP contribution in [0.5, 0.6) is 0 Å². The van der Waals surface area contributed by atoms with Crippen LogP contribution < -0.4 is 0 Å². The fraction of sp³-hybridized carbons (Fsp3) is 0.448. The molecule has 3 aromatic rings. The normalized spacial score (nSPS) is 21.1. The number of benzene rings is 2. The Morgan fingerprint density at radius 3 is 2.15 bits per heavy atom. The van der Waals surface area contributed by atoms with Crippen molar-refractivity contribution in [3.63, 3.8) is 0 Å². The molecule has 41 heavy (non-hydrogen) atoms. The summed E-state index contributed by atoms with van der Waals surface area (Å²) in [6.45, 7) is 3.20. The molecule has 0 radical (unpaired) electrons. The van der Waals surface area contributed by atoms with Crippen LogP contribution in [0.2, 0.25) is 0 Å². The predicted molar refractivity (Wildman–Crippen MR) is 152 cm³/mol. The Morgan fingerprint density at radius 1 is 0.829 bits per heavy atom. The van der Waals surface area contributed by atoms with Gasteiger partial charge in [-0.25, -0.2) is 0 Å². The zero-order chi connectivity index (χ0) is 28.9. The molecule has 0 bridgehead atoms. The molecule has 3 aliphatic rings. The van der Waals surface area contributed by atoms with Crippen LogP contribution in [0.3, 0.4) is 0 Å². The van der Waals surface area contributed by atoms with E-state index in [-0.39, 0.29) is 41.9 Å². The van der Waals surface area contributed by atoms with Crippen molar-refractivity contribution in [1.82, 2.24) is 19.3 Å². The second kappa shape index (κ2) is 10.6.